The molecule has 0 aliphatic heterocycles. The summed E-state index contributed by atoms with van der Waals surface area (Å²) in [7, 11) is 0. The van der Waals surface area contributed by atoms with Gasteiger partial charge in [-0.2, -0.15) is 26.3 Å². The zero-order valence-electron chi connectivity index (χ0n) is 18.3. The lowest BCUT2D eigenvalue weighted by atomic mass is 9.88. The van der Waals surface area contributed by atoms with Crippen molar-refractivity contribution in [1.82, 2.24) is 15.6 Å². The number of nitrogens with zero attached hydrogens (tertiary/aromatic N) is 1. The number of carbonyl (C=O) groups excluding carboxylic acids is 1. The minimum atomic E-state index is -4.78. The quantitative estimate of drug-likeness (QED) is 0.403. The second-order valence-corrected chi connectivity index (χ2v) is 8.25. The van der Waals surface area contributed by atoms with Gasteiger partial charge in [0, 0.05) is 6.20 Å². The molecule has 1 aliphatic carbocycles. The van der Waals surface area contributed by atoms with Crippen molar-refractivity contribution < 1.29 is 31.1 Å². The Bertz CT molecular complexity index is 1190. The maximum atomic E-state index is 13.7. The van der Waals surface area contributed by atoms with E-state index in [9.17, 15) is 31.1 Å². The summed E-state index contributed by atoms with van der Waals surface area (Å²) >= 11 is 0. The average Bonchev–Trinajstić information content (AvgIpc) is 2.82. The number of aromatic nitrogens is 1. The fraction of sp³-hybridized carbons (Fsp3) is 0.280. The van der Waals surface area contributed by atoms with Crippen molar-refractivity contribution in [2.45, 2.75) is 43.7 Å². The van der Waals surface area contributed by atoms with Crippen LogP contribution < -0.4 is 10.6 Å². The summed E-state index contributed by atoms with van der Waals surface area (Å²) in [6, 6.07) is 10.5. The first-order valence-corrected chi connectivity index (χ1v) is 10.9. The Hall–Kier alpha value is -3.56. The van der Waals surface area contributed by atoms with Gasteiger partial charge in [-0.1, -0.05) is 36.4 Å². The molecule has 2 aromatic carbocycles. The van der Waals surface area contributed by atoms with Gasteiger partial charge in [0.15, 0.2) is 0 Å². The Morgan fingerprint density at radius 3 is 2.31 bits per heavy atom. The molecule has 4 nitrogen and oxygen atoms in total. The van der Waals surface area contributed by atoms with Gasteiger partial charge in [0.05, 0.1) is 28.9 Å². The predicted octanol–water partition coefficient (Wildman–Crippen LogP) is 6.59. The third kappa shape index (κ3) is 5.58. The highest BCUT2D eigenvalue weighted by atomic mass is 19.4. The van der Waals surface area contributed by atoms with Gasteiger partial charge < -0.3 is 10.6 Å². The van der Waals surface area contributed by atoms with E-state index < -0.39 is 41.2 Å². The van der Waals surface area contributed by atoms with Gasteiger partial charge >= 0.3 is 18.4 Å². The molecule has 0 saturated carbocycles. The number of halogens is 6. The SMILES string of the molecule is O=C(NC1CCCc2ccccc21)NC(c1ccc(C(F)(F)F)cc1)c1ncccc1C(F)(F)F. The monoisotopic (exact) mass is 493 g/mol. The van der Waals surface area contributed by atoms with Crippen LogP contribution in [0.4, 0.5) is 31.1 Å². The second-order valence-electron chi connectivity index (χ2n) is 8.25. The maximum absolute atomic E-state index is 13.7. The number of pyridine rings is 1. The summed E-state index contributed by atoms with van der Waals surface area (Å²) in [6.07, 6.45) is -5.94. The van der Waals surface area contributed by atoms with Gasteiger partial charge in [-0.3, -0.25) is 4.98 Å². The molecule has 0 saturated heterocycles. The Morgan fingerprint density at radius 2 is 1.63 bits per heavy atom. The number of rotatable bonds is 4. The van der Waals surface area contributed by atoms with Crippen LogP contribution in [0.2, 0.25) is 0 Å². The predicted molar refractivity (Wildman–Crippen MR) is 116 cm³/mol. The van der Waals surface area contributed by atoms with Crippen LogP contribution in [-0.4, -0.2) is 11.0 Å². The van der Waals surface area contributed by atoms with Crippen molar-refractivity contribution in [1.29, 1.82) is 0 Å². The van der Waals surface area contributed by atoms with Crippen LogP contribution in [-0.2, 0) is 18.8 Å². The highest BCUT2D eigenvalue weighted by molar-refractivity contribution is 5.75. The lowest BCUT2D eigenvalue weighted by Crippen LogP contribution is -2.41. The zero-order chi connectivity index (χ0) is 25.2. The first-order valence-electron chi connectivity index (χ1n) is 10.9. The van der Waals surface area contributed by atoms with Crippen LogP contribution in [0.25, 0.3) is 0 Å². The number of carbonyl (C=O) groups is 1. The van der Waals surface area contributed by atoms with Crippen molar-refractivity contribution in [2.24, 2.45) is 0 Å². The molecule has 0 fully saturated rings. The molecule has 2 N–H and O–H groups in total. The van der Waals surface area contributed by atoms with E-state index in [1.54, 1.807) is 0 Å². The summed E-state index contributed by atoms with van der Waals surface area (Å²) in [5.41, 5.74) is -0.532. The molecule has 0 radical (unpaired) electrons. The molecule has 0 bridgehead atoms. The molecular formula is C25H21F6N3O. The third-order valence-electron chi connectivity index (χ3n) is 5.94. The molecule has 184 valence electrons. The van der Waals surface area contributed by atoms with E-state index in [0.717, 1.165) is 66.6 Å². The average molecular weight is 493 g/mol. The second kappa shape index (κ2) is 9.59. The molecule has 4 rings (SSSR count). The topological polar surface area (TPSA) is 54.0 Å². The molecule has 2 unspecified atom stereocenters. The molecule has 1 aromatic heterocycles. The summed E-state index contributed by atoms with van der Waals surface area (Å²) in [5, 5.41) is 5.30. The number of nitrogens with one attached hydrogen (secondary N) is 2. The normalized spacial score (nSPS) is 16.8. The lowest BCUT2D eigenvalue weighted by molar-refractivity contribution is -0.139. The van der Waals surface area contributed by atoms with Crippen LogP contribution in [0, 0.1) is 0 Å². The van der Waals surface area contributed by atoms with Crippen molar-refractivity contribution in [3.63, 3.8) is 0 Å². The van der Waals surface area contributed by atoms with Gasteiger partial charge in [-0.25, -0.2) is 4.79 Å². The fourth-order valence-corrected chi connectivity index (χ4v) is 4.30. The number of fused-ring (bicyclic) bond motifs is 1. The smallest absolute Gasteiger partial charge is 0.331 e. The standard InChI is InChI=1S/C25H21F6N3O/c26-24(27,28)17-12-10-16(11-13-17)21(22-19(25(29,30)31)8-4-14-32-22)34-23(35)33-20-9-3-6-15-5-1-2-7-18(15)20/h1-2,4-5,7-8,10-14,20-21H,3,6,9H2,(H2,33,34,35). The Kier molecular flexibility index (Phi) is 6.73. The van der Waals surface area contributed by atoms with Crippen LogP contribution in [0.1, 0.15) is 58.4 Å². The van der Waals surface area contributed by atoms with Gasteiger partial charge in [0.25, 0.3) is 0 Å². The van der Waals surface area contributed by atoms with Crippen molar-refractivity contribution in [3.8, 4) is 0 Å². The van der Waals surface area contributed by atoms with Crippen molar-refractivity contribution in [2.75, 3.05) is 0 Å². The third-order valence-corrected chi connectivity index (χ3v) is 5.94. The summed E-state index contributed by atoms with van der Waals surface area (Å²) in [5.74, 6) is 0. The van der Waals surface area contributed by atoms with E-state index in [1.165, 1.54) is 0 Å². The van der Waals surface area contributed by atoms with Crippen molar-refractivity contribution >= 4 is 6.03 Å². The molecule has 3 aromatic rings. The van der Waals surface area contributed by atoms with Crippen LogP contribution in [0.3, 0.4) is 0 Å². The number of benzene rings is 2. The Morgan fingerprint density at radius 1 is 0.914 bits per heavy atom. The van der Waals surface area contributed by atoms with Crippen LogP contribution in [0.15, 0.2) is 66.9 Å². The van der Waals surface area contributed by atoms with E-state index in [2.05, 4.69) is 15.6 Å². The maximum Gasteiger partial charge on any atom is 0.418 e. The molecule has 35 heavy (non-hydrogen) atoms. The first-order chi connectivity index (χ1) is 16.5. The first kappa shape index (κ1) is 24.6. The van der Waals surface area contributed by atoms with Crippen LogP contribution >= 0.6 is 0 Å². The summed E-state index contributed by atoms with van der Waals surface area (Å²) in [6.45, 7) is 0. The van der Waals surface area contributed by atoms with Crippen molar-refractivity contribution in [3.05, 3.63) is 100 Å². The van der Waals surface area contributed by atoms with Gasteiger partial charge in [0.1, 0.15) is 0 Å². The Balaban J connectivity index is 1.66. The van der Waals surface area contributed by atoms with Gasteiger partial charge in [-0.15, -0.1) is 0 Å². The number of hydrogen-bond acceptors (Lipinski definition) is 2. The molecule has 2 amide bonds. The van der Waals surface area contributed by atoms with Crippen LogP contribution in [0.5, 0.6) is 0 Å². The van der Waals surface area contributed by atoms with Gasteiger partial charge in [0.2, 0.25) is 0 Å². The molecule has 10 heteroatoms. The minimum Gasteiger partial charge on any atom is -0.331 e. The van der Waals surface area contributed by atoms with E-state index >= 15 is 0 Å². The number of aryl methyl sites for hydroxylation is 1. The lowest BCUT2D eigenvalue weighted by Gasteiger charge is -2.28. The molecule has 1 heterocycles. The van der Waals surface area contributed by atoms with E-state index in [1.807, 2.05) is 24.3 Å². The largest absolute Gasteiger partial charge is 0.418 e. The number of alkyl halides is 6. The van der Waals surface area contributed by atoms with Gasteiger partial charge in [-0.05, 0) is 60.2 Å². The molecule has 1 aliphatic rings. The number of urea groups is 1. The number of hydrogen-bond donors (Lipinski definition) is 2. The summed E-state index contributed by atoms with van der Waals surface area (Å²) < 4.78 is 80.2. The molecule has 0 spiro atoms. The highest BCUT2D eigenvalue weighted by Crippen LogP contribution is 2.37. The molecular weight excluding hydrogens is 472 g/mol. The minimum absolute atomic E-state index is 0.0291. The number of amides is 2. The van der Waals surface area contributed by atoms with E-state index in [4.69, 9.17) is 0 Å². The fourth-order valence-electron chi connectivity index (χ4n) is 4.30. The highest BCUT2D eigenvalue weighted by Gasteiger charge is 2.37. The van der Waals surface area contributed by atoms with E-state index in [-0.39, 0.29) is 11.6 Å². The summed E-state index contributed by atoms with van der Waals surface area (Å²) in [4.78, 5) is 16.8. The molecule has 2 atom stereocenters. The zero-order valence-corrected chi connectivity index (χ0v) is 18.3. The Labute approximate surface area is 197 Å². The van der Waals surface area contributed by atoms with E-state index in [0.29, 0.717) is 6.42 Å².